The van der Waals surface area contributed by atoms with Crippen molar-refractivity contribution in [3.8, 4) is 0 Å². The number of ether oxygens (including phenoxy) is 2. The van der Waals surface area contributed by atoms with E-state index in [1.807, 2.05) is 37.3 Å². The number of allylic oxidation sites excluding steroid dienone is 3. The van der Waals surface area contributed by atoms with Crippen LogP contribution in [-0.2, 0) is 25.5 Å². The molecule has 118 valence electrons. The quantitative estimate of drug-likeness (QED) is 0.441. The Labute approximate surface area is 131 Å². The van der Waals surface area contributed by atoms with Crippen LogP contribution in [0.25, 0.3) is 0 Å². The first-order valence-electron chi connectivity index (χ1n) is 7.03. The van der Waals surface area contributed by atoms with Gasteiger partial charge in [-0.05, 0) is 12.5 Å². The van der Waals surface area contributed by atoms with Gasteiger partial charge in [0.2, 0.25) is 0 Å². The molecule has 1 rings (SSSR count). The van der Waals surface area contributed by atoms with Gasteiger partial charge in [0.25, 0.3) is 0 Å². The summed E-state index contributed by atoms with van der Waals surface area (Å²) in [7, 11) is 2.53. The molecule has 4 nitrogen and oxygen atoms in total. The van der Waals surface area contributed by atoms with Crippen LogP contribution in [0.2, 0.25) is 0 Å². The third-order valence-electron chi connectivity index (χ3n) is 3.65. The van der Waals surface area contributed by atoms with E-state index >= 15 is 0 Å². The number of carbonyl (C=O) groups excluding carboxylic acids is 2. The normalized spacial score (nSPS) is 12.7. The number of hydrogen-bond acceptors (Lipinski definition) is 4. The fourth-order valence-corrected chi connectivity index (χ4v) is 2.55. The summed E-state index contributed by atoms with van der Waals surface area (Å²) in [5.41, 5.74) is -0.645. The first kappa shape index (κ1) is 17.7. The fourth-order valence-electron chi connectivity index (χ4n) is 2.55. The third-order valence-corrected chi connectivity index (χ3v) is 3.65. The van der Waals surface area contributed by atoms with E-state index in [1.165, 1.54) is 14.2 Å². The molecule has 0 radical (unpaired) electrons. The number of methoxy groups -OCH3 is 2. The third kappa shape index (κ3) is 3.45. The average Bonchev–Trinajstić information content (AvgIpc) is 2.57. The summed E-state index contributed by atoms with van der Waals surface area (Å²) in [6.45, 7) is 5.57. The van der Waals surface area contributed by atoms with Crippen LogP contribution in [0.5, 0.6) is 0 Å². The van der Waals surface area contributed by atoms with E-state index in [1.54, 1.807) is 18.2 Å². The lowest BCUT2D eigenvalue weighted by Crippen LogP contribution is -2.48. The first-order chi connectivity index (χ1) is 10.6. The predicted octanol–water partition coefficient (Wildman–Crippen LogP) is 2.94. The molecular weight excluding hydrogens is 280 g/mol. The molecule has 0 saturated carbocycles. The predicted molar refractivity (Wildman–Crippen MR) is 85.1 cm³/mol. The van der Waals surface area contributed by atoms with Crippen LogP contribution >= 0.6 is 0 Å². The van der Waals surface area contributed by atoms with Crippen molar-refractivity contribution in [1.29, 1.82) is 0 Å². The Morgan fingerprint density at radius 2 is 1.73 bits per heavy atom. The molecule has 22 heavy (non-hydrogen) atoms. The molecule has 1 aromatic rings. The van der Waals surface area contributed by atoms with Crippen molar-refractivity contribution < 1.29 is 19.1 Å². The molecule has 0 aliphatic carbocycles. The maximum Gasteiger partial charge on any atom is 0.324 e. The molecule has 0 amide bonds. The standard InChI is InChI=1S/C18H22O4/c1-5-10-15(6-2)18(16(19)21-3,17(20)22-4)13-14-11-8-7-9-12-14/h5-12,15H,2,13H2,1,3-4H3/b10-5+. The van der Waals surface area contributed by atoms with E-state index in [9.17, 15) is 9.59 Å². The van der Waals surface area contributed by atoms with Gasteiger partial charge in [-0.15, -0.1) is 6.58 Å². The van der Waals surface area contributed by atoms with Crippen molar-refractivity contribution in [3.63, 3.8) is 0 Å². The number of carbonyl (C=O) groups is 2. The summed E-state index contributed by atoms with van der Waals surface area (Å²) in [5.74, 6) is -1.80. The maximum atomic E-state index is 12.5. The van der Waals surface area contributed by atoms with Gasteiger partial charge >= 0.3 is 11.9 Å². The Bertz CT molecular complexity index is 529. The van der Waals surface area contributed by atoms with Gasteiger partial charge in [0, 0.05) is 12.3 Å². The minimum Gasteiger partial charge on any atom is -0.468 e. The van der Waals surface area contributed by atoms with Crippen molar-refractivity contribution in [2.75, 3.05) is 14.2 Å². The zero-order valence-electron chi connectivity index (χ0n) is 13.2. The van der Waals surface area contributed by atoms with Gasteiger partial charge in [-0.1, -0.05) is 48.6 Å². The van der Waals surface area contributed by atoms with Gasteiger partial charge < -0.3 is 9.47 Å². The molecular formula is C18H22O4. The summed E-state index contributed by atoms with van der Waals surface area (Å²) >= 11 is 0. The van der Waals surface area contributed by atoms with E-state index in [0.717, 1.165) is 5.56 Å². The van der Waals surface area contributed by atoms with Crippen molar-refractivity contribution in [1.82, 2.24) is 0 Å². The molecule has 1 atom stereocenters. The highest BCUT2D eigenvalue weighted by atomic mass is 16.5. The van der Waals surface area contributed by atoms with Crippen molar-refractivity contribution >= 4 is 11.9 Å². The molecule has 0 aliphatic heterocycles. The molecule has 0 spiro atoms. The Morgan fingerprint density at radius 3 is 2.14 bits per heavy atom. The van der Waals surface area contributed by atoms with Crippen molar-refractivity contribution in [3.05, 3.63) is 60.7 Å². The van der Waals surface area contributed by atoms with E-state index in [4.69, 9.17) is 9.47 Å². The summed E-state index contributed by atoms with van der Waals surface area (Å²) in [6.07, 6.45) is 5.27. The Kier molecular flexibility index (Phi) is 6.57. The molecule has 0 saturated heterocycles. The highest BCUT2D eigenvalue weighted by molar-refractivity contribution is 6.01. The molecule has 0 heterocycles. The van der Waals surface area contributed by atoms with Crippen LogP contribution in [0.15, 0.2) is 55.1 Å². The summed E-state index contributed by atoms with van der Waals surface area (Å²) in [4.78, 5) is 25.0. The lowest BCUT2D eigenvalue weighted by Gasteiger charge is -2.32. The topological polar surface area (TPSA) is 52.6 Å². The highest BCUT2D eigenvalue weighted by Gasteiger charge is 2.52. The zero-order chi connectivity index (χ0) is 16.6. The second-order valence-corrected chi connectivity index (χ2v) is 4.90. The van der Waals surface area contributed by atoms with E-state index in [2.05, 4.69) is 6.58 Å². The Hall–Kier alpha value is -2.36. The Balaban J connectivity index is 3.46. The van der Waals surface area contributed by atoms with Crippen molar-refractivity contribution in [2.24, 2.45) is 11.3 Å². The smallest absolute Gasteiger partial charge is 0.324 e. The van der Waals surface area contributed by atoms with E-state index in [0.29, 0.717) is 0 Å². The highest BCUT2D eigenvalue weighted by Crippen LogP contribution is 2.37. The fraction of sp³-hybridized carbons (Fsp3) is 0.333. The zero-order valence-corrected chi connectivity index (χ0v) is 13.2. The van der Waals surface area contributed by atoms with E-state index in [-0.39, 0.29) is 6.42 Å². The largest absolute Gasteiger partial charge is 0.468 e. The van der Waals surface area contributed by atoms with Gasteiger partial charge in [0.15, 0.2) is 5.41 Å². The lowest BCUT2D eigenvalue weighted by atomic mass is 9.70. The van der Waals surface area contributed by atoms with Crippen LogP contribution in [0.1, 0.15) is 12.5 Å². The lowest BCUT2D eigenvalue weighted by molar-refractivity contribution is -0.171. The maximum absolute atomic E-state index is 12.5. The van der Waals surface area contributed by atoms with Crippen LogP contribution < -0.4 is 0 Å². The number of esters is 2. The second kappa shape index (κ2) is 8.17. The SMILES string of the molecule is C=CC(/C=C/C)C(Cc1ccccc1)(C(=O)OC)C(=O)OC. The van der Waals surface area contributed by atoms with Gasteiger partial charge in [0.1, 0.15) is 0 Å². The number of hydrogen-bond donors (Lipinski definition) is 0. The minimum absolute atomic E-state index is 0.175. The molecule has 0 bridgehead atoms. The molecule has 1 aromatic carbocycles. The first-order valence-corrected chi connectivity index (χ1v) is 7.03. The summed E-state index contributed by atoms with van der Waals surface area (Å²) in [5, 5.41) is 0. The van der Waals surface area contributed by atoms with Crippen LogP contribution in [0.4, 0.5) is 0 Å². The molecule has 1 unspecified atom stereocenters. The van der Waals surface area contributed by atoms with Crippen LogP contribution in [0, 0.1) is 11.3 Å². The van der Waals surface area contributed by atoms with Gasteiger partial charge in [-0.3, -0.25) is 9.59 Å². The van der Waals surface area contributed by atoms with E-state index < -0.39 is 23.3 Å². The number of benzene rings is 1. The molecule has 0 aromatic heterocycles. The van der Waals surface area contributed by atoms with Crippen molar-refractivity contribution in [2.45, 2.75) is 13.3 Å². The number of rotatable bonds is 7. The molecule has 4 heteroatoms. The van der Waals surface area contributed by atoms with Crippen LogP contribution in [0.3, 0.4) is 0 Å². The average molecular weight is 302 g/mol. The van der Waals surface area contributed by atoms with Gasteiger partial charge in [-0.25, -0.2) is 0 Å². The Morgan fingerprint density at radius 1 is 1.18 bits per heavy atom. The van der Waals surface area contributed by atoms with Gasteiger partial charge in [-0.2, -0.15) is 0 Å². The summed E-state index contributed by atoms with van der Waals surface area (Å²) < 4.78 is 9.84. The minimum atomic E-state index is -1.49. The second-order valence-electron chi connectivity index (χ2n) is 4.90. The monoisotopic (exact) mass is 302 g/mol. The summed E-state index contributed by atoms with van der Waals surface area (Å²) in [6, 6.07) is 9.30. The molecule has 0 aliphatic rings. The molecule has 0 N–H and O–H groups in total. The van der Waals surface area contributed by atoms with Gasteiger partial charge in [0.05, 0.1) is 14.2 Å². The molecule has 0 fully saturated rings. The van der Waals surface area contributed by atoms with Crippen LogP contribution in [-0.4, -0.2) is 26.2 Å².